The van der Waals surface area contributed by atoms with Crippen LogP contribution in [0.3, 0.4) is 0 Å². The van der Waals surface area contributed by atoms with Crippen LogP contribution in [0.5, 0.6) is 0 Å². The molecule has 0 bridgehead atoms. The lowest BCUT2D eigenvalue weighted by Crippen LogP contribution is -2.26. The van der Waals surface area contributed by atoms with Crippen LogP contribution in [0.2, 0.25) is 0 Å². The molecule has 0 saturated heterocycles. The van der Waals surface area contributed by atoms with Crippen molar-refractivity contribution in [3.8, 4) is 0 Å². The summed E-state index contributed by atoms with van der Waals surface area (Å²) < 4.78 is 1.80. The quantitative estimate of drug-likeness (QED) is 0.659. The van der Waals surface area contributed by atoms with Gasteiger partial charge in [-0.1, -0.05) is 35.2 Å². The van der Waals surface area contributed by atoms with Crippen molar-refractivity contribution < 1.29 is 0 Å². The van der Waals surface area contributed by atoms with Crippen LogP contribution in [0.4, 0.5) is 0 Å². The van der Waals surface area contributed by atoms with Crippen molar-refractivity contribution >= 4 is 27.7 Å². The molecule has 15 heavy (non-hydrogen) atoms. The zero-order valence-corrected chi connectivity index (χ0v) is 11.2. The second-order valence-electron chi connectivity index (χ2n) is 4.77. The maximum Gasteiger partial charge on any atom is 0.0248 e. The molecule has 1 aliphatic heterocycles. The van der Waals surface area contributed by atoms with Crippen LogP contribution in [-0.4, -0.2) is 4.75 Å². The van der Waals surface area contributed by atoms with Gasteiger partial charge >= 0.3 is 0 Å². The van der Waals surface area contributed by atoms with E-state index in [1.165, 1.54) is 47.9 Å². The monoisotopic (exact) mass is 282 g/mol. The summed E-state index contributed by atoms with van der Waals surface area (Å²) in [6, 6.07) is 6.77. The van der Waals surface area contributed by atoms with Gasteiger partial charge in [0.1, 0.15) is 0 Å². The van der Waals surface area contributed by atoms with Gasteiger partial charge in [-0.3, -0.25) is 0 Å². The molecule has 0 amide bonds. The molecule has 1 spiro atoms. The second-order valence-corrected chi connectivity index (χ2v) is 7.20. The Kier molecular flexibility index (Phi) is 2.60. The van der Waals surface area contributed by atoms with Gasteiger partial charge in [-0.2, -0.15) is 0 Å². The van der Waals surface area contributed by atoms with E-state index in [1.54, 1.807) is 5.56 Å². The summed E-state index contributed by atoms with van der Waals surface area (Å²) in [5, 5.41) is 0. The Morgan fingerprint density at radius 1 is 1.13 bits per heavy atom. The Labute approximate surface area is 104 Å². The molecule has 0 nitrogen and oxygen atoms in total. The second kappa shape index (κ2) is 3.81. The Morgan fingerprint density at radius 2 is 1.93 bits per heavy atom. The van der Waals surface area contributed by atoms with Gasteiger partial charge in [-0.15, -0.1) is 11.8 Å². The van der Waals surface area contributed by atoms with E-state index in [0.717, 1.165) is 0 Å². The lowest BCUT2D eigenvalue weighted by molar-refractivity contribution is 0.400. The Bertz CT molecular complexity index is 380. The van der Waals surface area contributed by atoms with Gasteiger partial charge in [0.25, 0.3) is 0 Å². The summed E-state index contributed by atoms with van der Waals surface area (Å²) in [5.41, 5.74) is 1.57. The smallest absolute Gasteiger partial charge is 0.0248 e. The molecule has 2 heteroatoms. The van der Waals surface area contributed by atoms with E-state index >= 15 is 0 Å². The molecule has 0 unspecified atom stereocenters. The molecule has 1 aromatic rings. The summed E-state index contributed by atoms with van der Waals surface area (Å²) in [6.45, 7) is 0. The van der Waals surface area contributed by atoms with Crippen LogP contribution in [0.25, 0.3) is 0 Å². The number of thioether (sulfide) groups is 1. The van der Waals surface area contributed by atoms with Crippen molar-refractivity contribution in [2.24, 2.45) is 0 Å². The highest BCUT2D eigenvalue weighted by molar-refractivity contribution is 9.10. The van der Waals surface area contributed by atoms with E-state index in [-0.39, 0.29) is 0 Å². The highest BCUT2D eigenvalue weighted by Crippen LogP contribution is 2.52. The third-order valence-corrected chi connectivity index (χ3v) is 5.72. The predicted molar refractivity (Wildman–Crippen MR) is 69.5 cm³/mol. The molecule has 0 N–H and O–H groups in total. The van der Waals surface area contributed by atoms with E-state index in [4.69, 9.17) is 0 Å². The maximum absolute atomic E-state index is 3.57. The third-order valence-electron chi connectivity index (χ3n) is 3.63. The average molecular weight is 283 g/mol. The summed E-state index contributed by atoms with van der Waals surface area (Å²) in [5.74, 6) is 0. The molecule has 2 aliphatic rings. The first-order chi connectivity index (χ1) is 7.27. The standard InChI is InChI=1S/C13H15BrS/c14-11-4-5-12-10(8-11)9-13(15-12)6-2-1-3-7-13/h4-5,8H,1-3,6-7,9H2. The zero-order chi connectivity index (χ0) is 10.3. The summed E-state index contributed by atoms with van der Waals surface area (Å²) in [7, 11) is 0. The number of fused-ring (bicyclic) bond motifs is 1. The zero-order valence-electron chi connectivity index (χ0n) is 8.76. The summed E-state index contributed by atoms with van der Waals surface area (Å²) in [4.78, 5) is 1.53. The van der Waals surface area contributed by atoms with Gasteiger partial charge in [0.05, 0.1) is 0 Å². The van der Waals surface area contributed by atoms with Gasteiger partial charge in [0.15, 0.2) is 0 Å². The number of hydrogen-bond donors (Lipinski definition) is 0. The highest BCUT2D eigenvalue weighted by Gasteiger charge is 2.38. The molecule has 3 rings (SSSR count). The first-order valence-corrected chi connectivity index (χ1v) is 7.36. The van der Waals surface area contributed by atoms with Gasteiger partial charge < -0.3 is 0 Å². The van der Waals surface area contributed by atoms with Crippen molar-refractivity contribution in [2.45, 2.75) is 48.2 Å². The Hall–Kier alpha value is 0.0500. The van der Waals surface area contributed by atoms with E-state index in [9.17, 15) is 0 Å². The Morgan fingerprint density at radius 3 is 2.73 bits per heavy atom. The lowest BCUT2D eigenvalue weighted by atomic mass is 9.84. The molecule has 1 heterocycles. The molecule has 1 aromatic carbocycles. The summed E-state index contributed by atoms with van der Waals surface area (Å²) >= 11 is 5.72. The maximum atomic E-state index is 3.57. The average Bonchev–Trinajstić information content (AvgIpc) is 2.56. The Balaban J connectivity index is 1.90. The normalized spacial score (nSPS) is 23.0. The molecule has 1 saturated carbocycles. The van der Waals surface area contributed by atoms with Gasteiger partial charge in [-0.25, -0.2) is 0 Å². The number of halogens is 1. The minimum Gasteiger partial charge on any atom is -0.119 e. The molecule has 80 valence electrons. The molecule has 0 aromatic heterocycles. The van der Waals surface area contributed by atoms with Crippen molar-refractivity contribution in [3.63, 3.8) is 0 Å². The van der Waals surface area contributed by atoms with Crippen LogP contribution in [0, 0.1) is 0 Å². The number of benzene rings is 1. The van der Waals surface area contributed by atoms with Gasteiger partial charge in [0, 0.05) is 14.1 Å². The van der Waals surface area contributed by atoms with Crippen LogP contribution in [0.1, 0.15) is 37.7 Å². The van der Waals surface area contributed by atoms with Crippen LogP contribution in [-0.2, 0) is 6.42 Å². The SMILES string of the molecule is Brc1ccc2c(c1)CC1(CCCCC1)S2. The van der Waals surface area contributed by atoms with Crippen molar-refractivity contribution in [3.05, 3.63) is 28.2 Å². The van der Waals surface area contributed by atoms with Crippen molar-refractivity contribution in [2.75, 3.05) is 0 Å². The lowest BCUT2D eigenvalue weighted by Gasteiger charge is -2.32. The fourth-order valence-corrected chi connectivity index (χ4v) is 4.87. The van der Waals surface area contributed by atoms with E-state index in [2.05, 4.69) is 45.9 Å². The molecule has 0 radical (unpaired) electrons. The first-order valence-electron chi connectivity index (χ1n) is 5.75. The summed E-state index contributed by atoms with van der Waals surface area (Å²) in [6.07, 6.45) is 8.45. The predicted octanol–water partition coefficient (Wildman–Crippen LogP) is 4.80. The molecule has 1 aliphatic carbocycles. The van der Waals surface area contributed by atoms with Gasteiger partial charge in [-0.05, 0) is 43.0 Å². The fraction of sp³-hybridized carbons (Fsp3) is 0.538. The van der Waals surface area contributed by atoms with E-state index in [0.29, 0.717) is 4.75 Å². The largest absolute Gasteiger partial charge is 0.119 e. The number of rotatable bonds is 0. The van der Waals surface area contributed by atoms with Gasteiger partial charge in [0.2, 0.25) is 0 Å². The first kappa shape index (κ1) is 10.2. The van der Waals surface area contributed by atoms with Crippen LogP contribution >= 0.6 is 27.7 Å². The van der Waals surface area contributed by atoms with Crippen molar-refractivity contribution in [1.29, 1.82) is 0 Å². The topological polar surface area (TPSA) is 0 Å². The molecular formula is C13H15BrS. The molecule has 0 atom stereocenters. The van der Waals surface area contributed by atoms with E-state index < -0.39 is 0 Å². The number of hydrogen-bond acceptors (Lipinski definition) is 1. The van der Waals surface area contributed by atoms with Crippen molar-refractivity contribution in [1.82, 2.24) is 0 Å². The van der Waals surface area contributed by atoms with E-state index in [1.807, 2.05) is 0 Å². The highest BCUT2D eigenvalue weighted by atomic mass is 79.9. The minimum absolute atomic E-state index is 0.571. The molecule has 1 fully saturated rings. The third kappa shape index (κ3) is 1.87. The van der Waals surface area contributed by atoms with Crippen LogP contribution < -0.4 is 0 Å². The minimum atomic E-state index is 0.571. The molecular weight excluding hydrogens is 268 g/mol. The van der Waals surface area contributed by atoms with Crippen LogP contribution in [0.15, 0.2) is 27.6 Å². The fourth-order valence-electron chi connectivity index (χ4n) is 2.88.